The first-order chi connectivity index (χ1) is 10.1. The summed E-state index contributed by atoms with van der Waals surface area (Å²) in [5.41, 5.74) is 0.703. The van der Waals surface area contributed by atoms with Gasteiger partial charge in [0, 0.05) is 25.1 Å². The van der Waals surface area contributed by atoms with Crippen LogP contribution in [0.25, 0.3) is 0 Å². The SMILES string of the molecule is CC(=O)Nc1cccc(OCCCC(=O)c2cccs2)c1. The summed E-state index contributed by atoms with van der Waals surface area (Å²) < 4.78 is 5.60. The lowest BCUT2D eigenvalue weighted by atomic mass is 10.2. The van der Waals surface area contributed by atoms with Gasteiger partial charge in [0.25, 0.3) is 0 Å². The summed E-state index contributed by atoms with van der Waals surface area (Å²) in [6, 6.07) is 10.9. The molecule has 0 aliphatic rings. The molecule has 1 aromatic carbocycles. The predicted octanol–water partition coefficient (Wildman–Crippen LogP) is 3.75. The van der Waals surface area contributed by atoms with Gasteiger partial charge in [0.15, 0.2) is 5.78 Å². The molecule has 0 bridgehead atoms. The molecule has 0 radical (unpaired) electrons. The van der Waals surface area contributed by atoms with Crippen LogP contribution in [-0.4, -0.2) is 18.3 Å². The molecule has 4 nitrogen and oxygen atoms in total. The minimum atomic E-state index is -0.117. The van der Waals surface area contributed by atoms with E-state index in [2.05, 4.69) is 5.32 Å². The Morgan fingerprint density at radius 1 is 1.24 bits per heavy atom. The average Bonchev–Trinajstić information content (AvgIpc) is 2.97. The number of thiophene rings is 1. The third kappa shape index (κ3) is 5.04. The highest BCUT2D eigenvalue weighted by Crippen LogP contribution is 2.18. The number of nitrogens with one attached hydrogen (secondary N) is 1. The molecule has 0 spiro atoms. The first kappa shape index (κ1) is 15.3. The molecular weight excluding hydrogens is 286 g/mol. The number of ketones is 1. The van der Waals surface area contributed by atoms with Gasteiger partial charge in [-0.1, -0.05) is 12.1 Å². The highest BCUT2D eigenvalue weighted by Gasteiger charge is 2.06. The molecule has 0 unspecified atom stereocenters. The van der Waals surface area contributed by atoms with Crippen LogP contribution in [0.15, 0.2) is 41.8 Å². The van der Waals surface area contributed by atoms with Gasteiger partial charge in [-0.3, -0.25) is 9.59 Å². The Balaban J connectivity index is 1.76. The van der Waals surface area contributed by atoms with Crippen molar-refractivity contribution >= 4 is 28.7 Å². The number of anilines is 1. The number of ether oxygens (including phenoxy) is 1. The van der Waals surface area contributed by atoms with Crippen LogP contribution < -0.4 is 10.1 Å². The molecule has 1 N–H and O–H groups in total. The average molecular weight is 303 g/mol. The molecule has 0 saturated heterocycles. The second-order valence-corrected chi connectivity index (χ2v) is 5.51. The molecule has 0 fully saturated rings. The van der Waals surface area contributed by atoms with Crippen LogP contribution in [0.5, 0.6) is 5.75 Å². The van der Waals surface area contributed by atoms with E-state index in [-0.39, 0.29) is 11.7 Å². The Morgan fingerprint density at radius 3 is 2.81 bits per heavy atom. The summed E-state index contributed by atoms with van der Waals surface area (Å²) in [6.45, 7) is 1.93. The number of hydrogen-bond donors (Lipinski definition) is 1. The number of carbonyl (C=O) groups is 2. The van der Waals surface area contributed by atoms with E-state index in [0.29, 0.717) is 30.9 Å². The van der Waals surface area contributed by atoms with Gasteiger partial charge in [-0.15, -0.1) is 11.3 Å². The first-order valence-electron chi connectivity index (χ1n) is 6.72. The third-order valence-corrected chi connectivity index (χ3v) is 3.68. The molecule has 0 aliphatic heterocycles. The van der Waals surface area contributed by atoms with Gasteiger partial charge >= 0.3 is 0 Å². The van der Waals surface area contributed by atoms with Gasteiger partial charge in [0.05, 0.1) is 11.5 Å². The van der Waals surface area contributed by atoms with Crippen molar-refractivity contribution in [2.75, 3.05) is 11.9 Å². The molecule has 5 heteroatoms. The fraction of sp³-hybridized carbons (Fsp3) is 0.250. The molecule has 1 amide bonds. The highest BCUT2D eigenvalue weighted by molar-refractivity contribution is 7.12. The summed E-state index contributed by atoms with van der Waals surface area (Å²) in [7, 11) is 0. The number of benzene rings is 1. The van der Waals surface area contributed by atoms with Crippen molar-refractivity contribution in [3.05, 3.63) is 46.7 Å². The molecule has 110 valence electrons. The molecule has 0 aliphatic carbocycles. The zero-order valence-electron chi connectivity index (χ0n) is 11.8. The molecule has 2 rings (SSSR count). The molecule has 2 aromatic rings. The lowest BCUT2D eigenvalue weighted by Crippen LogP contribution is -2.06. The fourth-order valence-corrected chi connectivity index (χ4v) is 2.54. The van der Waals surface area contributed by atoms with Gasteiger partial charge in [-0.05, 0) is 30.0 Å². The second kappa shape index (κ2) is 7.59. The Labute approximate surface area is 127 Å². The van der Waals surface area contributed by atoms with Crippen molar-refractivity contribution in [1.82, 2.24) is 0 Å². The Hall–Kier alpha value is -2.14. The number of amides is 1. The smallest absolute Gasteiger partial charge is 0.221 e. The van der Waals surface area contributed by atoms with Crippen molar-refractivity contribution < 1.29 is 14.3 Å². The van der Waals surface area contributed by atoms with Crippen LogP contribution in [0, 0.1) is 0 Å². The molecular formula is C16H17NO3S. The van der Waals surface area contributed by atoms with Gasteiger partial charge in [0.2, 0.25) is 5.91 Å². The fourth-order valence-electron chi connectivity index (χ4n) is 1.85. The van der Waals surface area contributed by atoms with Gasteiger partial charge in [-0.2, -0.15) is 0 Å². The molecule has 1 aromatic heterocycles. The van der Waals surface area contributed by atoms with E-state index in [0.717, 1.165) is 4.88 Å². The lowest BCUT2D eigenvalue weighted by Gasteiger charge is -2.08. The largest absolute Gasteiger partial charge is 0.494 e. The predicted molar refractivity (Wildman–Crippen MR) is 84.1 cm³/mol. The van der Waals surface area contributed by atoms with Crippen molar-refractivity contribution in [2.45, 2.75) is 19.8 Å². The summed E-state index contributed by atoms with van der Waals surface area (Å²) in [4.78, 5) is 23.6. The van der Waals surface area contributed by atoms with Crippen LogP contribution in [0.1, 0.15) is 29.4 Å². The van der Waals surface area contributed by atoms with Crippen LogP contribution in [-0.2, 0) is 4.79 Å². The first-order valence-corrected chi connectivity index (χ1v) is 7.60. The highest BCUT2D eigenvalue weighted by atomic mass is 32.1. The monoisotopic (exact) mass is 303 g/mol. The maximum atomic E-state index is 11.8. The quantitative estimate of drug-likeness (QED) is 0.626. The summed E-state index contributed by atoms with van der Waals surface area (Å²) >= 11 is 1.46. The van der Waals surface area contributed by atoms with Gasteiger partial charge in [0.1, 0.15) is 5.75 Å². The minimum Gasteiger partial charge on any atom is -0.494 e. The van der Waals surface area contributed by atoms with Crippen LogP contribution in [0.2, 0.25) is 0 Å². The van der Waals surface area contributed by atoms with Crippen molar-refractivity contribution in [1.29, 1.82) is 0 Å². The summed E-state index contributed by atoms with van der Waals surface area (Å²) in [6.07, 6.45) is 1.15. The minimum absolute atomic E-state index is 0.117. The molecule has 0 atom stereocenters. The number of Topliss-reactive ketones (excluding diaryl/α,β-unsaturated/α-hetero) is 1. The molecule has 0 saturated carbocycles. The normalized spacial score (nSPS) is 10.1. The summed E-state index contributed by atoms with van der Waals surface area (Å²) in [5, 5.41) is 4.60. The maximum Gasteiger partial charge on any atom is 0.221 e. The lowest BCUT2D eigenvalue weighted by molar-refractivity contribution is -0.114. The molecule has 21 heavy (non-hydrogen) atoms. The standard InChI is InChI=1S/C16H17NO3S/c1-12(18)17-13-5-2-6-14(11-13)20-9-3-7-15(19)16-8-4-10-21-16/h2,4-6,8,10-11H,3,7,9H2,1H3,(H,17,18). The van der Waals surface area contributed by atoms with E-state index in [1.54, 1.807) is 12.1 Å². The van der Waals surface area contributed by atoms with Gasteiger partial charge < -0.3 is 10.1 Å². The Morgan fingerprint density at radius 2 is 2.10 bits per heavy atom. The van der Waals surface area contributed by atoms with Gasteiger partial charge in [-0.25, -0.2) is 0 Å². The van der Waals surface area contributed by atoms with E-state index in [9.17, 15) is 9.59 Å². The van der Waals surface area contributed by atoms with E-state index < -0.39 is 0 Å². The van der Waals surface area contributed by atoms with Crippen molar-refractivity contribution in [2.24, 2.45) is 0 Å². The van der Waals surface area contributed by atoms with Crippen molar-refractivity contribution in [3.8, 4) is 5.75 Å². The van der Waals surface area contributed by atoms with Crippen LogP contribution in [0.3, 0.4) is 0 Å². The third-order valence-electron chi connectivity index (χ3n) is 2.77. The van der Waals surface area contributed by atoms with E-state index in [4.69, 9.17) is 4.74 Å². The van der Waals surface area contributed by atoms with E-state index in [1.807, 2.05) is 29.6 Å². The topological polar surface area (TPSA) is 55.4 Å². The number of hydrogen-bond acceptors (Lipinski definition) is 4. The van der Waals surface area contributed by atoms with Crippen LogP contribution >= 0.6 is 11.3 Å². The Kier molecular flexibility index (Phi) is 5.51. The number of carbonyl (C=O) groups excluding carboxylic acids is 2. The number of rotatable bonds is 7. The van der Waals surface area contributed by atoms with Crippen LogP contribution in [0.4, 0.5) is 5.69 Å². The van der Waals surface area contributed by atoms with E-state index >= 15 is 0 Å². The zero-order chi connectivity index (χ0) is 15.1. The van der Waals surface area contributed by atoms with Crippen molar-refractivity contribution in [3.63, 3.8) is 0 Å². The maximum absolute atomic E-state index is 11.8. The summed E-state index contributed by atoms with van der Waals surface area (Å²) in [5.74, 6) is 0.721. The second-order valence-electron chi connectivity index (χ2n) is 4.56. The zero-order valence-corrected chi connectivity index (χ0v) is 12.6. The molecule has 1 heterocycles. The van der Waals surface area contributed by atoms with E-state index in [1.165, 1.54) is 18.3 Å². The Bertz CT molecular complexity index is 608.